The largest absolute Gasteiger partial charge is 0.236 e. The fourth-order valence-corrected chi connectivity index (χ4v) is 5.20. The Morgan fingerprint density at radius 3 is 1.93 bits per heavy atom. The van der Waals surface area contributed by atoms with E-state index < -0.39 is 0 Å². The van der Waals surface area contributed by atoms with Crippen LogP contribution >= 0.6 is 11.6 Å². The summed E-state index contributed by atoms with van der Waals surface area (Å²) in [5.74, 6) is 4.06. The fraction of sp³-hybridized carbons (Fsp3) is 0.500. The number of hydrogen-bond donors (Lipinski definition) is 0. The van der Waals surface area contributed by atoms with Gasteiger partial charge in [0.15, 0.2) is 5.82 Å². The van der Waals surface area contributed by atoms with E-state index in [1.807, 2.05) is 36.7 Å². The molecule has 0 saturated heterocycles. The van der Waals surface area contributed by atoms with Crippen molar-refractivity contribution < 1.29 is 0 Å². The third-order valence-corrected chi connectivity index (χ3v) is 7.09. The molecule has 2 fully saturated rings. The first-order chi connectivity index (χ1) is 13.2. The molecule has 2 aromatic rings. The fourth-order valence-electron chi connectivity index (χ4n) is 5.07. The van der Waals surface area contributed by atoms with Crippen molar-refractivity contribution in [2.75, 3.05) is 0 Å². The summed E-state index contributed by atoms with van der Waals surface area (Å²) >= 11 is 5.96. The van der Waals surface area contributed by atoms with Gasteiger partial charge in [-0.1, -0.05) is 17.7 Å². The van der Waals surface area contributed by atoms with Gasteiger partial charge in [0, 0.05) is 23.0 Å². The minimum atomic E-state index is 0.630. The van der Waals surface area contributed by atoms with Crippen molar-refractivity contribution in [3.63, 3.8) is 0 Å². The van der Waals surface area contributed by atoms with Crippen LogP contribution in [0.2, 0.25) is 5.02 Å². The molecule has 0 N–H and O–H groups in total. The first-order valence-corrected chi connectivity index (χ1v) is 10.8. The highest BCUT2D eigenvalue weighted by atomic mass is 35.5. The zero-order valence-electron chi connectivity index (χ0n) is 16.0. The Labute approximate surface area is 168 Å². The molecular formula is C24H29ClN2. The molecule has 2 aliphatic rings. The molecule has 27 heavy (non-hydrogen) atoms. The average Bonchev–Trinajstić information content (AvgIpc) is 2.75. The third kappa shape index (κ3) is 4.43. The van der Waals surface area contributed by atoms with E-state index in [0.717, 1.165) is 34.2 Å². The molecule has 0 amide bonds. The lowest BCUT2D eigenvalue weighted by atomic mass is 9.68. The molecule has 0 aliphatic heterocycles. The summed E-state index contributed by atoms with van der Waals surface area (Å²) in [7, 11) is 0. The van der Waals surface area contributed by atoms with Gasteiger partial charge in [0.1, 0.15) is 0 Å². The molecule has 2 saturated carbocycles. The molecule has 0 unspecified atom stereocenters. The van der Waals surface area contributed by atoms with Gasteiger partial charge in [-0.15, -0.1) is 6.58 Å². The van der Waals surface area contributed by atoms with E-state index in [1.165, 1.54) is 56.9 Å². The van der Waals surface area contributed by atoms with Gasteiger partial charge in [-0.3, -0.25) is 0 Å². The topological polar surface area (TPSA) is 25.8 Å². The Bertz CT molecular complexity index is 737. The van der Waals surface area contributed by atoms with Crippen LogP contribution in [0.3, 0.4) is 0 Å². The summed E-state index contributed by atoms with van der Waals surface area (Å²) in [4.78, 5) is 9.23. The molecule has 2 nitrogen and oxygen atoms in total. The summed E-state index contributed by atoms with van der Waals surface area (Å²) in [5.41, 5.74) is 2.33. The smallest absolute Gasteiger partial charge is 0.159 e. The number of nitrogens with zero attached hydrogens (tertiary/aromatic N) is 2. The highest BCUT2D eigenvalue weighted by Gasteiger charge is 2.30. The van der Waals surface area contributed by atoms with Gasteiger partial charge in [0.25, 0.3) is 0 Å². The summed E-state index contributed by atoms with van der Waals surface area (Å²) in [6.45, 7) is 3.98. The third-order valence-electron chi connectivity index (χ3n) is 6.83. The first-order valence-electron chi connectivity index (χ1n) is 10.4. The Morgan fingerprint density at radius 2 is 1.37 bits per heavy atom. The first kappa shape index (κ1) is 18.7. The van der Waals surface area contributed by atoms with Crippen LogP contribution in [0.15, 0.2) is 49.3 Å². The van der Waals surface area contributed by atoms with Crippen LogP contribution in [0.1, 0.15) is 62.8 Å². The number of benzene rings is 1. The van der Waals surface area contributed by atoms with Crippen molar-refractivity contribution in [3.05, 3.63) is 59.9 Å². The zero-order chi connectivity index (χ0) is 18.6. The maximum Gasteiger partial charge on any atom is 0.159 e. The summed E-state index contributed by atoms with van der Waals surface area (Å²) in [6, 6.07) is 7.73. The van der Waals surface area contributed by atoms with E-state index in [-0.39, 0.29) is 0 Å². The highest BCUT2D eigenvalue weighted by Crippen LogP contribution is 2.43. The van der Waals surface area contributed by atoms with Gasteiger partial charge in [-0.25, -0.2) is 9.97 Å². The average molecular weight is 381 g/mol. The van der Waals surface area contributed by atoms with Crippen LogP contribution < -0.4 is 0 Å². The van der Waals surface area contributed by atoms with Crippen molar-refractivity contribution in [1.82, 2.24) is 9.97 Å². The molecule has 0 bridgehead atoms. The maximum atomic E-state index is 5.96. The van der Waals surface area contributed by atoms with E-state index >= 15 is 0 Å². The van der Waals surface area contributed by atoms with Gasteiger partial charge in [0.05, 0.1) is 0 Å². The molecule has 0 radical (unpaired) electrons. The van der Waals surface area contributed by atoms with Crippen LogP contribution in [0.25, 0.3) is 11.4 Å². The van der Waals surface area contributed by atoms with E-state index in [1.54, 1.807) is 0 Å². The van der Waals surface area contributed by atoms with Gasteiger partial charge in [-0.2, -0.15) is 0 Å². The highest BCUT2D eigenvalue weighted by molar-refractivity contribution is 6.30. The van der Waals surface area contributed by atoms with E-state index in [2.05, 4.69) is 22.6 Å². The Morgan fingerprint density at radius 1 is 0.815 bits per heavy atom. The van der Waals surface area contributed by atoms with Crippen LogP contribution in [0, 0.1) is 17.8 Å². The number of aromatic nitrogens is 2. The molecule has 142 valence electrons. The molecule has 0 atom stereocenters. The SMILES string of the molecule is C=C[C@H]1CC[C@H](C2CCC(c3cnc(-c4ccc(Cl)cc4)nc3)CC2)CC1. The van der Waals surface area contributed by atoms with Crippen LogP contribution in [0.4, 0.5) is 0 Å². The van der Waals surface area contributed by atoms with E-state index in [4.69, 9.17) is 11.6 Å². The predicted molar refractivity (Wildman–Crippen MR) is 113 cm³/mol. The number of allylic oxidation sites excluding steroid dienone is 1. The second-order valence-electron chi connectivity index (χ2n) is 8.37. The molecule has 3 heteroatoms. The summed E-state index contributed by atoms with van der Waals surface area (Å²) in [6.07, 6.45) is 17.1. The summed E-state index contributed by atoms with van der Waals surface area (Å²) < 4.78 is 0. The molecule has 4 rings (SSSR count). The number of rotatable bonds is 4. The monoisotopic (exact) mass is 380 g/mol. The summed E-state index contributed by atoms with van der Waals surface area (Å²) in [5, 5.41) is 0.741. The minimum Gasteiger partial charge on any atom is -0.236 e. The molecule has 1 aromatic heterocycles. The second kappa shape index (κ2) is 8.56. The number of halogens is 1. The lowest BCUT2D eigenvalue weighted by Gasteiger charge is -2.37. The Kier molecular flexibility index (Phi) is 5.92. The van der Waals surface area contributed by atoms with Gasteiger partial charge in [-0.05, 0) is 105 Å². The lowest BCUT2D eigenvalue weighted by Crippen LogP contribution is -2.25. The van der Waals surface area contributed by atoms with Gasteiger partial charge >= 0.3 is 0 Å². The van der Waals surface area contributed by atoms with E-state index in [0.29, 0.717) is 5.92 Å². The number of hydrogen-bond acceptors (Lipinski definition) is 2. The quantitative estimate of drug-likeness (QED) is 0.530. The van der Waals surface area contributed by atoms with Crippen molar-refractivity contribution in [2.45, 2.75) is 57.3 Å². The standard InChI is InChI=1S/C24H29ClN2/c1-2-17-3-5-18(6-4-17)19-7-9-20(10-8-19)22-15-26-24(27-16-22)21-11-13-23(25)14-12-21/h2,11-20H,1,3-10H2/t17-,18-,19?,20?. The van der Waals surface area contributed by atoms with Crippen LogP contribution in [0.5, 0.6) is 0 Å². The van der Waals surface area contributed by atoms with Crippen molar-refractivity contribution in [3.8, 4) is 11.4 Å². The zero-order valence-corrected chi connectivity index (χ0v) is 16.7. The van der Waals surface area contributed by atoms with Crippen molar-refractivity contribution in [1.29, 1.82) is 0 Å². The maximum absolute atomic E-state index is 5.96. The predicted octanol–water partition coefficient (Wildman–Crippen LogP) is 7.06. The van der Waals surface area contributed by atoms with Crippen molar-refractivity contribution >= 4 is 11.6 Å². The molecular weight excluding hydrogens is 352 g/mol. The Balaban J connectivity index is 1.33. The second-order valence-corrected chi connectivity index (χ2v) is 8.81. The lowest BCUT2D eigenvalue weighted by molar-refractivity contribution is 0.171. The molecule has 1 heterocycles. The normalized spacial score (nSPS) is 28.6. The van der Waals surface area contributed by atoms with Crippen LogP contribution in [-0.2, 0) is 0 Å². The Hall–Kier alpha value is -1.67. The molecule has 1 aromatic carbocycles. The van der Waals surface area contributed by atoms with Crippen LogP contribution in [-0.4, -0.2) is 9.97 Å². The molecule has 2 aliphatic carbocycles. The van der Waals surface area contributed by atoms with E-state index in [9.17, 15) is 0 Å². The van der Waals surface area contributed by atoms with Crippen molar-refractivity contribution in [2.24, 2.45) is 17.8 Å². The van der Waals surface area contributed by atoms with Gasteiger partial charge in [0.2, 0.25) is 0 Å². The van der Waals surface area contributed by atoms with Gasteiger partial charge < -0.3 is 0 Å². The minimum absolute atomic E-state index is 0.630. The molecule has 0 spiro atoms.